The summed E-state index contributed by atoms with van der Waals surface area (Å²) in [5, 5.41) is 12.2. The Morgan fingerprint density at radius 1 is 1.45 bits per heavy atom. The summed E-state index contributed by atoms with van der Waals surface area (Å²) in [5.41, 5.74) is -0.623. The Morgan fingerprint density at radius 3 is 2.65 bits per heavy atom. The first-order valence-corrected chi connectivity index (χ1v) is 7.88. The molecule has 106 valence electrons. The molecule has 5 nitrogen and oxygen atoms in total. The van der Waals surface area contributed by atoms with Crippen molar-refractivity contribution < 1.29 is 9.00 Å². The summed E-state index contributed by atoms with van der Waals surface area (Å²) in [5.74, 6) is -0.514. The topological polar surface area (TPSA) is 82.0 Å². The maximum Gasteiger partial charge on any atom is 0.265 e. The molecule has 0 aromatic heterocycles. The smallest absolute Gasteiger partial charge is 0.265 e. The summed E-state index contributed by atoms with van der Waals surface area (Å²) in [6, 6.07) is 7.19. The SMILES string of the molecule is CC(C)(C)[S@@](=O)N[C@@]1(C#N)C(=O)Nc2cccc(Br)c21. The average molecular weight is 356 g/mol. The van der Waals surface area contributed by atoms with E-state index in [1.807, 2.05) is 6.07 Å². The number of nitrogens with one attached hydrogen (secondary N) is 2. The molecule has 0 fully saturated rings. The van der Waals surface area contributed by atoms with E-state index in [0.29, 0.717) is 15.7 Å². The number of anilines is 1. The van der Waals surface area contributed by atoms with Gasteiger partial charge in [0.2, 0.25) is 5.54 Å². The van der Waals surface area contributed by atoms with Gasteiger partial charge >= 0.3 is 0 Å². The van der Waals surface area contributed by atoms with E-state index in [9.17, 15) is 14.3 Å². The standard InChI is InChI=1S/C13H14BrN3O2S/c1-12(2,3)20(19)17-13(7-15)10-8(14)5-4-6-9(10)16-11(13)18/h4-6,17H,1-3H3,(H,16,18)/t13-,20-/m1/s1. The average Bonchev–Trinajstić information content (AvgIpc) is 2.62. The van der Waals surface area contributed by atoms with E-state index in [4.69, 9.17) is 0 Å². The molecule has 2 N–H and O–H groups in total. The largest absolute Gasteiger partial charge is 0.323 e. The van der Waals surface area contributed by atoms with Crippen LogP contribution in [0.4, 0.5) is 5.69 Å². The van der Waals surface area contributed by atoms with Crippen molar-refractivity contribution in [3.05, 3.63) is 28.2 Å². The summed E-state index contributed by atoms with van der Waals surface area (Å²) < 4.78 is 15.0. The van der Waals surface area contributed by atoms with Crippen LogP contribution in [-0.2, 0) is 21.3 Å². The number of hydrogen-bond acceptors (Lipinski definition) is 3. The highest BCUT2D eigenvalue weighted by Crippen LogP contribution is 2.41. The number of halogens is 1. The quantitative estimate of drug-likeness (QED) is 0.852. The van der Waals surface area contributed by atoms with Crippen LogP contribution in [0.2, 0.25) is 0 Å². The Kier molecular flexibility index (Phi) is 3.75. The zero-order valence-electron chi connectivity index (χ0n) is 11.3. The number of nitriles is 1. The van der Waals surface area contributed by atoms with E-state index in [1.165, 1.54) is 0 Å². The zero-order chi connectivity index (χ0) is 15.1. The number of hydrogen-bond donors (Lipinski definition) is 2. The van der Waals surface area contributed by atoms with Crippen molar-refractivity contribution in [2.75, 3.05) is 5.32 Å². The van der Waals surface area contributed by atoms with Gasteiger partial charge in [0.1, 0.15) is 6.07 Å². The summed E-state index contributed by atoms with van der Waals surface area (Å²) in [6.07, 6.45) is 0. The maximum absolute atomic E-state index is 12.3. The van der Waals surface area contributed by atoms with Gasteiger partial charge < -0.3 is 5.32 Å². The van der Waals surface area contributed by atoms with E-state index >= 15 is 0 Å². The highest BCUT2D eigenvalue weighted by molar-refractivity contribution is 9.10. The molecule has 1 heterocycles. The zero-order valence-corrected chi connectivity index (χ0v) is 13.7. The molecule has 2 rings (SSSR count). The second-order valence-electron chi connectivity index (χ2n) is 5.46. The summed E-state index contributed by atoms with van der Waals surface area (Å²) in [4.78, 5) is 12.2. The number of nitrogens with zero attached hydrogens (tertiary/aromatic N) is 1. The van der Waals surface area contributed by atoms with Crippen LogP contribution in [0.1, 0.15) is 26.3 Å². The minimum Gasteiger partial charge on any atom is -0.323 e. The molecule has 0 saturated carbocycles. The molecule has 0 bridgehead atoms. The molecule has 1 aromatic carbocycles. The van der Waals surface area contributed by atoms with Gasteiger partial charge in [-0.15, -0.1) is 0 Å². The third kappa shape index (κ3) is 2.28. The van der Waals surface area contributed by atoms with E-state index in [-0.39, 0.29) is 0 Å². The van der Waals surface area contributed by atoms with Crippen LogP contribution in [0.15, 0.2) is 22.7 Å². The van der Waals surface area contributed by atoms with Crippen molar-refractivity contribution in [1.82, 2.24) is 4.72 Å². The van der Waals surface area contributed by atoms with Crippen molar-refractivity contribution in [2.45, 2.75) is 31.1 Å². The van der Waals surface area contributed by atoms with Gasteiger partial charge in [0, 0.05) is 15.7 Å². The molecule has 1 aromatic rings. The molecule has 0 aliphatic carbocycles. The normalized spacial score (nSPS) is 22.9. The molecule has 1 aliphatic heterocycles. The highest BCUT2D eigenvalue weighted by atomic mass is 79.9. The minimum absolute atomic E-state index is 0.477. The lowest BCUT2D eigenvalue weighted by atomic mass is 9.94. The van der Waals surface area contributed by atoms with Crippen molar-refractivity contribution >= 4 is 38.5 Å². The number of benzene rings is 1. The lowest BCUT2D eigenvalue weighted by Crippen LogP contribution is -2.51. The first-order valence-electron chi connectivity index (χ1n) is 5.94. The van der Waals surface area contributed by atoms with Crippen LogP contribution in [0.25, 0.3) is 0 Å². The van der Waals surface area contributed by atoms with E-state index in [2.05, 4.69) is 26.0 Å². The molecule has 7 heteroatoms. The number of carbonyl (C=O) groups is 1. The molecule has 0 saturated heterocycles. The molecule has 0 spiro atoms. The van der Waals surface area contributed by atoms with Gasteiger partial charge in [0.25, 0.3) is 5.91 Å². The van der Waals surface area contributed by atoms with Gasteiger partial charge in [-0.05, 0) is 32.9 Å². The highest BCUT2D eigenvalue weighted by Gasteiger charge is 2.51. The molecular weight excluding hydrogens is 342 g/mol. The van der Waals surface area contributed by atoms with Crippen molar-refractivity contribution in [3.63, 3.8) is 0 Å². The lowest BCUT2D eigenvalue weighted by Gasteiger charge is -2.26. The maximum atomic E-state index is 12.3. The first kappa shape index (κ1) is 15.2. The van der Waals surface area contributed by atoms with Crippen LogP contribution >= 0.6 is 15.9 Å². The number of fused-ring (bicyclic) bond motifs is 1. The molecule has 0 unspecified atom stereocenters. The van der Waals surface area contributed by atoms with Gasteiger partial charge in [0.05, 0.1) is 15.7 Å². The third-order valence-electron chi connectivity index (χ3n) is 2.95. The van der Waals surface area contributed by atoms with Gasteiger partial charge in [-0.25, -0.2) is 8.93 Å². The second-order valence-corrected chi connectivity index (χ2v) is 8.28. The van der Waals surface area contributed by atoms with Gasteiger partial charge in [0.15, 0.2) is 0 Å². The number of carbonyl (C=O) groups excluding carboxylic acids is 1. The minimum atomic E-state index is -1.65. The molecule has 20 heavy (non-hydrogen) atoms. The fourth-order valence-electron chi connectivity index (χ4n) is 1.86. The van der Waals surface area contributed by atoms with E-state index < -0.39 is 27.2 Å². The fourth-order valence-corrected chi connectivity index (χ4v) is 3.35. The van der Waals surface area contributed by atoms with Gasteiger partial charge in [-0.1, -0.05) is 22.0 Å². The predicted octanol–water partition coefficient (Wildman–Crippen LogP) is 2.17. The summed E-state index contributed by atoms with van der Waals surface area (Å²) >= 11 is 3.35. The van der Waals surface area contributed by atoms with Crippen molar-refractivity contribution in [1.29, 1.82) is 5.26 Å². The Balaban J connectivity index is 2.56. The summed E-state index contributed by atoms with van der Waals surface area (Å²) in [7, 11) is -1.56. The first-order chi connectivity index (χ1) is 9.22. The van der Waals surface area contributed by atoms with E-state index in [1.54, 1.807) is 39.0 Å². The van der Waals surface area contributed by atoms with Crippen molar-refractivity contribution in [3.8, 4) is 6.07 Å². The summed E-state index contributed by atoms with van der Waals surface area (Å²) in [6.45, 7) is 5.32. The van der Waals surface area contributed by atoms with Gasteiger partial charge in [-0.2, -0.15) is 5.26 Å². The second kappa shape index (κ2) is 4.95. The Labute approximate surface area is 128 Å². The Morgan fingerprint density at radius 2 is 2.10 bits per heavy atom. The Bertz CT molecular complexity index is 648. The molecule has 2 atom stereocenters. The molecule has 1 amide bonds. The third-order valence-corrected chi connectivity index (χ3v) is 5.21. The molecule has 1 aliphatic rings. The van der Waals surface area contributed by atoms with Crippen LogP contribution in [0.3, 0.4) is 0 Å². The monoisotopic (exact) mass is 355 g/mol. The lowest BCUT2D eigenvalue weighted by molar-refractivity contribution is -0.119. The number of rotatable bonds is 2. The van der Waals surface area contributed by atoms with Crippen LogP contribution in [-0.4, -0.2) is 14.9 Å². The van der Waals surface area contributed by atoms with Gasteiger partial charge in [-0.3, -0.25) is 4.79 Å². The number of amides is 1. The fraction of sp³-hybridized carbons (Fsp3) is 0.385. The van der Waals surface area contributed by atoms with Crippen molar-refractivity contribution in [2.24, 2.45) is 0 Å². The molecular formula is C13H14BrN3O2S. The van der Waals surface area contributed by atoms with Crippen LogP contribution in [0, 0.1) is 11.3 Å². The van der Waals surface area contributed by atoms with E-state index in [0.717, 1.165) is 0 Å². The Hall–Kier alpha value is -1.23. The van der Waals surface area contributed by atoms with Crippen LogP contribution in [0.5, 0.6) is 0 Å². The predicted molar refractivity (Wildman–Crippen MR) is 81.1 cm³/mol. The molecule has 0 radical (unpaired) electrons. The van der Waals surface area contributed by atoms with Crippen LogP contribution < -0.4 is 10.0 Å².